The Morgan fingerprint density at radius 1 is 1.00 bits per heavy atom. The fourth-order valence-corrected chi connectivity index (χ4v) is 1.86. The Bertz CT molecular complexity index is 481. The lowest BCUT2D eigenvalue weighted by atomic mass is 10.2. The van der Waals surface area contributed by atoms with E-state index in [2.05, 4.69) is 75.3 Å². The van der Waals surface area contributed by atoms with Crippen molar-refractivity contribution in [2.24, 2.45) is 0 Å². The van der Waals surface area contributed by atoms with Gasteiger partial charge < -0.3 is 4.43 Å². The van der Waals surface area contributed by atoms with Crippen molar-refractivity contribution in [3.8, 4) is 47.9 Å². The van der Waals surface area contributed by atoms with Crippen LogP contribution in [0.3, 0.4) is 0 Å². The largest absolute Gasteiger partial charge is 0.416 e. The fourth-order valence-electron chi connectivity index (χ4n) is 0.810. The van der Waals surface area contributed by atoms with Crippen LogP contribution >= 0.6 is 0 Å². The van der Waals surface area contributed by atoms with E-state index in [4.69, 9.17) is 10.8 Å². The summed E-state index contributed by atoms with van der Waals surface area (Å²) in [5.74, 6) is 17.9. The third-order valence-corrected chi connectivity index (χ3v) is 7.44. The van der Waals surface area contributed by atoms with Crippen molar-refractivity contribution in [1.29, 1.82) is 0 Å². The van der Waals surface area contributed by atoms with E-state index in [0.717, 1.165) is 0 Å². The summed E-state index contributed by atoms with van der Waals surface area (Å²) in [5.41, 5.74) is 0. The molecular weight excluding hydrogens is 236 g/mol. The SMILES string of the molecule is C#CC#CC#CC#CCCO[Si](C)(C)C(C)(C)C. The first-order valence-electron chi connectivity index (χ1n) is 5.89. The Kier molecular flexibility index (Phi) is 7.01. The molecule has 0 spiro atoms. The minimum atomic E-state index is -1.64. The number of terminal acetylenes is 1. The zero-order valence-electron chi connectivity index (χ0n) is 11.9. The van der Waals surface area contributed by atoms with Crippen LogP contribution in [0.2, 0.25) is 18.1 Å². The Hall–Kier alpha value is -1.58. The first-order valence-corrected chi connectivity index (χ1v) is 8.79. The Morgan fingerprint density at radius 2 is 1.56 bits per heavy atom. The molecule has 18 heavy (non-hydrogen) atoms. The highest BCUT2D eigenvalue weighted by Gasteiger charge is 2.36. The third kappa shape index (κ3) is 6.88. The fraction of sp³-hybridized carbons (Fsp3) is 0.500. The summed E-state index contributed by atoms with van der Waals surface area (Å²) in [4.78, 5) is 0. The van der Waals surface area contributed by atoms with Crippen molar-refractivity contribution in [3.63, 3.8) is 0 Å². The van der Waals surface area contributed by atoms with E-state index in [9.17, 15) is 0 Å². The summed E-state index contributed by atoms with van der Waals surface area (Å²) in [6.07, 6.45) is 5.64. The Labute approximate surface area is 113 Å². The van der Waals surface area contributed by atoms with Crippen LogP contribution in [0.4, 0.5) is 0 Å². The van der Waals surface area contributed by atoms with Gasteiger partial charge in [0.25, 0.3) is 0 Å². The Balaban J connectivity index is 4.05. The molecule has 1 nitrogen and oxygen atoms in total. The number of hydrogen-bond acceptors (Lipinski definition) is 1. The molecule has 0 aromatic heterocycles. The molecule has 0 aromatic rings. The van der Waals surface area contributed by atoms with Crippen LogP contribution in [0.15, 0.2) is 0 Å². The van der Waals surface area contributed by atoms with Gasteiger partial charge in [0.2, 0.25) is 0 Å². The topological polar surface area (TPSA) is 9.23 Å². The molecule has 0 unspecified atom stereocenters. The van der Waals surface area contributed by atoms with Crippen molar-refractivity contribution in [2.45, 2.75) is 45.3 Å². The molecule has 0 aliphatic carbocycles. The molecule has 0 aliphatic heterocycles. The van der Waals surface area contributed by atoms with Gasteiger partial charge in [0, 0.05) is 13.0 Å². The summed E-state index contributed by atoms with van der Waals surface area (Å²) < 4.78 is 5.97. The third-order valence-electron chi connectivity index (χ3n) is 2.91. The van der Waals surface area contributed by atoms with Crippen molar-refractivity contribution in [3.05, 3.63) is 0 Å². The van der Waals surface area contributed by atoms with Gasteiger partial charge in [-0.1, -0.05) is 26.7 Å². The molecule has 0 rings (SSSR count). The molecule has 0 heterocycles. The van der Waals surface area contributed by atoms with Crippen LogP contribution in [0.5, 0.6) is 0 Å². The second-order valence-corrected chi connectivity index (χ2v) is 10.1. The minimum Gasteiger partial charge on any atom is -0.416 e. The van der Waals surface area contributed by atoms with Gasteiger partial charge in [0.05, 0.1) is 0 Å². The first kappa shape index (κ1) is 16.4. The summed E-state index contributed by atoms with van der Waals surface area (Å²) in [7, 11) is -1.64. The van der Waals surface area contributed by atoms with Gasteiger partial charge >= 0.3 is 0 Å². The quantitative estimate of drug-likeness (QED) is 0.428. The maximum Gasteiger partial charge on any atom is 0.192 e. The van der Waals surface area contributed by atoms with Crippen LogP contribution in [0.25, 0.3) is 0 Å². The molecule has 0 atom stereocenters. The second kappa shape index (κ2) is 7.69. The van der Waals surface area contributed by atoms with E-state index in [1.807, 2.05) is 0 Å². The summed E-state index contributed by atoms with van der Waals surface area (Å²) in [5, 5.41) is 0.241. The zero-order valence-corrected chi connectivity index (χ0v) is 12.9. The monoisotopic (exact) mass is 256 g/mol. The molecule has 0 bridgehead atoms. The maximum atomic E-state index is 5.97. The average molecular weight is 256 g/mol. The highest BCUT2D eigenvalue weighted by atomic mass is 28.4. The van der Waals surface area contributed by atoms with E-state index < -0.39 is 8.32 Å². The van der Waals surface area contributed by atoms with Gasteiger partial charge in [0.1, 0.15) is 0 Å². The molecule has 94 valence electrons. The number of hydrogen-bond donors (Lipinski definition) is 0. The molecule has 2 heteroatoms. The predicted octanol–water partition coefficient (Wildman–Crippen LogP) is 3.04. The summed E-state index contributed by atoms with van der Waals surface area (Å²) in [6.45, 7) is 11.8. The molecule has 0 radical (unpaired) electrons. The smallest absolute Gasteiger partial charge is 0.192 e. The molecule has 0 saturated carbocycles. The highest BCUT2D eigenvalue weighted by Crippen LogP contribution is 2.36. The maximum absolute atomic E-state index is 5.97. The van der Waals surface area contributed by atoms with E-state index in [0.29, 0.717) is 13.0 Å². The lowest BCUT2D eigenvalue weighted by molar-refractivity contribution is 0.296. The van der Waals surface area contributed by atoms with E-state index in [1.165, 1.54) is 0 Å². The number of rotatable bonds is 3. The van der Waals surface area contributed by atoms with Gasteiger partial charge in [-0.2, -0.15) is 0 Å². The summed E-state index contributed by atoms with van der Waals surface area (Å²) >= 11 is 0. The van der Waals surface area contributed by atoms with Gasteiger partial charge in [0.15, 0.2) is 8.32 Å². The summed E-state index contributed by atoms with van der Waals surface area (Å²) in [6, 6.07) is 0. The van der Waals surface area contributed by atoms with Crippen molar-refractivity contribution >= 4 is 8.32 Å². The van der Waals surface area contributed by atoms with Crippen LogP contribution in [0.1, 0.15) is 27.2 Å². The minimum absolute atomic E-state index is 0.241. The van der Waals surface area contributed by atoms with Gasteiger partial charge in [-0.05, 0) is 53.7 Å². The normalized spacial score (nSPS) is 9.78. The molecule has 0 aromatic carbocycles. The van der Waals surface area contributed by atoms with Gasteiger partial charge in [-0.15, -0.1) is 6.42 Å². The van der Waals surface area contributed by atoms with Crippen molar-refractivity contribution < 1.29 is 4.43 Å². The highest BCUT2D eigenvalue weighted by molar-refractivity contribution is 6.74. The van der Waals surface area contributed by atoms with Gasteiger partial charge in [-0.3, -0.25) is 0 Å². The van der Waals surface area contributed by atoms with E-state index in [-0.39, 0.29) is 5.04 Å². The second-order valence-electron chi connectivity index (χ2n) is 5.30. The van der Waals surface area contributed by atoms with E-state index >= 15 is 0 Å². The van der Waals surface area contributed by atoms with Crippen LogP contribution < -0.4 is 0 Å². The van der Waals surface area contributed by atoms with Gasteiger partial charge in [-0.25, -0.2) is 0 Å². The molecule has 0 N–H and O–H groups in total. The Morgan fingerprint density at radius 3 is 2.11 bits per heavy atom. The first-order chi connectivity index (χ1) is 8.31. The van der Waals surface area contributed by atoms with E-state index in [1.54, 1.807) is 0 Å². The zero-order chi connectivity index (χ0) is 14.1. The standard InChI is InChI=1S/C16H20OSi/c1-7-8-9-10-11-12-13-14-15-17-18(5,6)16(2,3)4/h1H,14-15H2,2-6H3. The predicted molar refractivity (Wildman–Crippen MR) is 79.9 cm³/mol. The molecule has 0 aliphatic rings. The molecular formula is C16H20OSi. The van der Waals surface area contributed by atoms with Crippen LogP contribution in [0, 0.1) is 47.9 Å². The van der Waals surface area contributed by atoms with Crippen LogP contribution in [-0.4, -0.2) is 14.9 Å². The average Bonchev–Trinajstić information content (AvgIpc) is 2.25. The molecule has 0 saturated heterocycles. The van der Waals surface area contributed by atoms with Crippen molar-refractivity contribution in [2.75, 3.05) is 6.61 Å². The lowest BCUT2D eigenvalue weighted by Crippen LogP contribution is -2.40. The molecule has 0 fully saturated rings. The molecule has 0 amide bonds. The van der Waals surface area contributed by atoms with Crippen LogP contribution in [-0.2, 0) is 4.43 Å². The van der Waals surface area contributed by atoms with Crippen molar-refractivity contribution in [1.82, 2.24) is 0 Å². The lowest BCUT2D eigenvalue weighted by Gasteiger charge is -2.35.